The Morgan fingerprint density at radius 3 is 0.785 bits per heavy atom. The molecule has 1 atom stereocenters. The average Bonchev–Trinajstić information content (AvgIpc) is 3.45. The maximum absolute atomic E-state index is 12.9. The molecule has 6 nitrogen and oxygen atoms in total. The molecule has 0 aliphatic carbocycles. The molecule has 452 valence electrons. The largest absolute Gasteiger partial charge is 0.462 e. The van der Waals surface area contributed by atoms with Gasteiger partial charge in [0.2, 0.25) is 0 Å². The van der Waals surface area contributed by atoms with Crippen molar-refractivity contribution in [1.29, 1.82) is 0 Å². The second-order valence-electron chi connectivity index (χ2n) is 22.0. The predicted octanol–water partition coefficient (Wildman–Crippen LogP) is 23.0. The van der Waals surface area contributed by atoms with Crippen molar-refractivity contribution in [2.24, 2.45) is 0 Å². The molecule has 6 heteroatoms. The Morgan fingerprint density at radius 1 is 0.266 bits per heavy atom. The summed E-state index contributed by atoms with van der Waals surface area (Å²) in [6, 6.07) is 0. The second kappa shape index (κ2) is 66.6. The fourth-order valence-electron chi connectivity index (χ4n) is 9.28. The van der Waals surface area contributed by atoms with Crippen LogP contribution in [0.15, 0.2) is 109 Å². The van der Waals surface area contributed by atoms with Crippen molar-refractivity contribution in [3.63, 3.8) is 0 Å². The van der Waals surface area contributed by atoms with Gasteiger partial charge < -0.3 is 14.2 Å². The predicted molar refractivity (Wildman–Crippen MR) is 343 cm³/mol. The number of allylic oxidation sites excluding steroid dienone is 18. The van der Waals surface area contributed by atoms with Crippen LogP contribution >= 0.6 is 0 Å². The lowest BCUT2D eigenvalue weighted by atomic mass is 10.0. The first-order chi connectivity index (χ1) is 39.0. The van der Waals surface area contributed by atoms with Crippen LogP contribution in [0.25, 0.3) is 0 Å². The molecule has 0 radical (unpaired) electrons. The van der Waals surface area contributed by atoms with Gasteiger partial charge in [0.15, 0.2) is 6.10 Å². The minimum absolute atomic E-state index is 0.0805. The molecule has 0 aliphatic rings. The smallest absolute Gasteiger partial charge is 0.306 e. The molecule has 0 aromatic heterocycles. The van der Waals surface area contributed by atoms with Crippen molar-refractivity contribution in [2.45, 2.75) is 322 Å². The molecule has 0 fully saturated rings. The highest BCUT2D eigenvalue weighted by Crippen LogP contribution is 2.16. The molecule has 0 rings (SSSR count). The molecule has 1 unspecified atom stereocenters. The van der Waals surface area contributed by atoms with Gasteiger partial charge in [-0.25, -0.2) is 0 Å². The minimum Gasteiger partial charge on any atom is -0.462 e. The molecule has 0 aromatic rings. The van der Waals surface area contributed by atoms with E-state index < -0.39 is 6.10 Å². The molecule has 0 bridgehead atoms. The minimum atomic E-state index is -0.785. The van der Waals surface area contributed by atoms with E-state index in [4.69, 9.17) is 14.2 Å². The first-order valence-corrected chi connectivity index (χ1v) is 33.4. The summed E-state index contributed by atoms with van der Waals surface area (Å²) in [4.78, 5) is 38.3. The third-order valence-electron chi connectivity index (χ3n) is 14.3. The van der Waals surface area contributed by atoms with Crippen molar-refractivity contribution in [1.82, 2.24) is 0 Å². The third kappa shape index (κ3) is 64.8. The standard InChI is InChI=1S/C73H124O6/c1-4-7-10-13-16-19-22-25-27-29-31-32-33-34-35-36-37-38-39-40-41-42-43-45-46-48-51-54-57-60-63-66-72(75)78-69-70(68-77-71(74)65-62-59-56-53-50-24-21-18-15-12-9-6-3)79-73(76)67-64-61-58-55-52-49-47-44-30-28-26-23-20-17-14-11-8-5-2/h7,10,16,19-20,23,25,27-28,30-32,34-35,37-38,40-41,70H,4-6,8-9,11-15,17-18,21-22,24,26,29,33,36,39,42-69H2,1-3H3/b10-7-,19-16-,23-20-,27-25-,30-28-,32-31-,35-34-,38-37-,41-40-. The third-order valence-corrected chi connectivity index (χ3v) is 14.3. The number of hydrogen-bond donors (Lipinski definition) is 0. The van der Waals surface area contributed by atoms with E-state index in [1.54, 1.807) is 0 Å². The van der Waals surface area contributed by atoms with E-state index in [0.29, 0.717) is 19.3 Å². The van der Waals surface area contributed by atoms with Gasteiger partial charge in [0.25, 0.3) is 0 Å². The van der Waals surface area contributed by atoms with Crippen LogP contribution in [0, 0.1) is 0 Å². The molecule has 0 spiro atoms. The highest BCUT2D eigenvalue weighted by molar-refractivity contribution is 5.71. The molecular weight excluding hydrogens is 973 g/mol. The number of rotatable bonds is 60. The van der Waals surface area contributed by atoms with Crippen LogP contribution in [-0.2, 0) is 28.6 Å². The van der Waals surface area contributed by atoms with E-state index in [9.17, 15) is 14.4 Å². The first kappa shape index (κ1) is 75.1. The van der Waals surface area contributed by atoms with E-state index in [2.05, 4.69) is 130 Å². The van der Waals surface area contributed by atoms with E-state index in [0.717, 1.165) is 122 Å². The van der Waals surface area contributed by atoms with E-state index in [1.165, 1.54) is 154 Å². The molecule has 0 aliphatic heterocycles. The quantitative estimate of drug-likeness (QED) is 0.0261. The van der Waals surface area contributed by atoms with Gasteiger partial charge in [0.1, 0.15) is 13.2 Å². The van der Waals surface area contributed by atoms with Gasteiger partial charge in [-0.3, -0.25) is 14.4 Å². The first-order valence-electron chi connectivity index (χ1n) is 33.4. The monoisotopic (exact) mass is 1100 g/mol. The Bertz CT molecular complexity index is 1590. The van der Waals surface area contributed by atoms with Crippen molar-refractivity contribution < 1.29 is 28.6 Å². The van der Waals surface area contributed by atoms with Crippen molar-refractivity contribution in [3.8, 4) is 0 Å². The molecule has 0 amide bonds. The highest BCUT2D eigenvalue weighted by Gasteiger charge is 2.19. The number of unbranched alkanes of at least 4 members (excludes halogenated alkanes) is 31. The molecule has 0 heterocycles. The number of carbonyl (C=O) groups is 3. The molecule has 0 saturated carbocycles. The van der Waals surface area contributed by atoms with Gasteiger partial charge in [-0.15, -0.1) is 0 Å². The summed E-state index contributed by atoms with van der Waals surface area (Å²) in [5, 5.41) is 0. The van der Waals surface area contributed by atoms with Crippen LogP contribution in [-0.4, -0.2) is 37.2 Å². The number of hydrogen-bond acceptors (Lipinski definition) is 6. The van der Waals surface area contributed by atoms with Crippen molar-refractivity contribution in [2.75, 3.05) is 13.2 Å². The zero-order valence-electron chi connectivity index (χ0n) is 51.9. The Morgan fingerprint density at radius 2 is 0.494 bits per heavy atom. The summed E-state index contributed by atoms with van der Waals surface area (Å²) in [5.74, 6) is -0.885. The van der Waals surface area contributed by atoms with Crippen LogP contribution in [0.4, 0.5) is 0 Å². The van der Waals surface area contributed by atoms with E-state index in [-0.39, 0.29) is 31.1 Å². The van der Waals surface area contributed by atoms with Crippen molar-refractivity contribution >= 4 is 17.9 Å². The summed E-state index contributed by atoms with van der Waals surface area (Å²) >= 11 is 0. The molecule has 79 heavy (non-hydrogen) atoms. The lowest BCUT2D eigenvalue weighted by molar-refractivity contribution is -0.167. The van der Waals surface area contributed by atoms with Crippen molar-refractivity contribution in [3.05, 3.63) is 109 Å². The van der Waals surface area contributed by atoms with Gasteiger partial charge in [-0.05, 0) is 109 Å². The Kier molecular flexibility index (Phi) is 63.3. The van der Waals surface area contributed by atoms with Crippen LogP contribution < -0.4 is 0 Å². The topological polar surface area (TPSA) is 78.9 Å². The van der Waals surface area contributed by atoms with E-state index in [1.807, 2.05) is 0 Å². The number of carbonyl (C=O) groups excluding carboxylic acids is 3. The van der Waals surface area contributed by atoms with Crippen LogP contribution in [0.3, 0.4) is 0 Å². The van der Waals surface area contributed by atoms with Crippen LogP contribution in [0.2, 0.25) is 0 Å². The molecule has 0 aromatic carbocycles. The Hall–Kier alpha value is -3.93. The lowest BCUT2D eigenvalue weighted by Crippen LogP contribution is -2.30. The number of esters is 3. The van der Waals surface area contributed by atoms with Gasteiger partial charge in [0, 0.05) is 19.3 Å². The summed E-state index contributed by atoms with van der Waals surface area (Å²) in [7, 11) is 0. The molecule has 0 saturated heterocycles. The fraction of sp³-hybridized carbons (Fsp3) is 0.712. The summed E-state index contributed by atoms with van der Waals surface area (Å²) < 4.78 is 16.9. The van der Waals surface area contributed by atoms with Gasteiger partial charge >= 0.3 is 17.9 Å². The number of ether oxygens (including phenoxy) is 3. The maximum atomic E-state index is 12.9. The van der Waals surface area contributed by atoms with Gasteiger partial charge in [-0.1, -0.05) is 297 Å². The fourth-order valence-corrected chi connectivity index (χ4v) is 9.28. The SMILES string of the molecule is CC/C=C\C/C=C\C/C=C\C/C=C\C/C=C\C/C=C\C/C=C\CCCCCCCCCCCC(=O)OCC(COC(=O)CCCCCCCCCCCCCC)OC(=O)CCCCCCCCC/C=C\C/C=C\CCCCCC. The molecule has 0 N–H and O–H groups in total. The highest BCUT2D eigenvalue weighted by atomic mass is 16.6. The average molecular weight is 1100 g/mol. The summed E-state index contributed by atoms with van der Waals surface area (Å²) in [6.45, 7) is 6.52. The van der Waals surface area contributed by atoms with E-state index >= 15 is 0 Å². The lowest BCUT2D eigenvalue weighted by Gasteiger charge is -2.18. The molecular formula is C73H124O6. The van der Waals surface area contributed by atoms with Gasteiger partial charge in [0.05, 0.1) is 0 Å². The Labute approximate surface area is 489 Å². The Balaban J connectivity index is 4.28. The normalized spacial score (nSPS) is 12.8. The zero-order chi connectivity index (χ0) is 57.1. The van der Waals surface area contributed by atoms with Gasteiger partial charge in [-0.2, -0.15) is 0 Å². The van der Waals surface area contributed by atoms with Crippen LogP contribution in [0.5, 0.6) is 0 Å². The summed E-state index contributed by atoms with van der Waals surface area (Å²) in [6.07, 6.45) is 91.0. The van der Waals surface area contributed by atoms with Crippen LogP contribution in [0.1, 0.15) is 316 Å². The summed E-state index contributed by atoms with van der Waals surface area (Å²) in [5.41, 5.74) is 0. The maximum Gasteiger partial charge on any atom is 0.306 e. The zero-order valence-corrected chi connectivity index (χ0v) is 51.9. The second-order valence-corrected chi connectivity index (χ2v) is 22.0.